The smallest absolute Gasteiger partial charge is 0.255 e. The lowest BCUT2D eigenvalue weighted by atomic mass is 10.1. The van der Waals surface area contributed by atoms with Crippen molar-refractivity contribution in [3.8, 4) is 5.75 Å². The van der Waals surface area contributed by atoms with E-state index in [0.29, 0.717) is 22.2 Å². The summed E-state index contributed by atoms with van der Waals surface area (Å²) in [5, 5.41) is 3.32. The number of carbonyl (C=O) groups is 1. The van der Waals surface area contributed by atoms with Gasteiger partial charge >= 0.3 is 0 Å². The van der Waals surface area contributed by atoms with Crippen LogP contribution in [-0.4, -0.2) is 24.9 Å². The van der Waals surface area contributed by atoms with Crippen molar-refractivity contribution in [3.05, 3.63) is 28.8 Å². The molecular formula is C12H15Cl2NO2. The lowest BCUT2D eigenvalue weighted by Gasteiger charge is -2.15. The second kappa shape index (κ2) is 6.72. The number of ether oxygens (including phenoxy) is 1. The minimum atomic E-state index is -0.225. The zero-order valence-corrected chi connectivity index (χ0v) is 11.3. The molecule has 0 aliphatic rings. The third-order valence-corrected chi connectivity index (χ3v) is 3.03. The fourth-order valence-electron chi connectivity index (χ4n) is 1.37. The summed E-state index contributed by atoms with van der Waals surface area (Å²) in [5.41, 5.74) is 0.420. The number of carbonyl (C=O) groups excluding carboxylic acids is 1. The van der Waals surface area contributed by atoms with E-state index in [1.807, 2.05) is 6.92 Å². The fraction of sp³-hybridized carbons (Fsp3) is 0.417. The molecule has 0 aliphatic heterocycles. The number of methoxy groups -OCH3 is 1. The van der Waals surface area contributed by atoms with Crippen LogP contribution in [-0.2, 0) is 0 Å². The van der Waals surface area contributed by atoms with Crippen molar-refractivity contribution in [1.29, 1.82) is 0 Å². The van der Waals surface area contributed by atoms with Gasteiger partial charge < -0.3 is 10.1 Å². The van der Waals surface area contributed by atoms with Crippen molar-refractivity contribution >= 4 is 29.1 Å². The predicted octanol–water partition coefficient (Wildman–Crippen LogP) is 3.10. The highest BCUT2D eigenvalue weighted by molar-refractivity contribution is 6.31. The van der Waals surface area contributed by atoms with Crippen molar-refractivity contribution in [2.75, 3.05) is 13.0 Å². The monoisotopic (exact) mass is 275 g/mol. The van der Waals surface area contributed by atoms with E-state index in [2.05, 4.69) is 5.32 Å². The van der Waals surface area contributed by atoms with Gasteiger partial charge in [0.1, 0.15) is 5.75 Å². The van der Waals surface area contributed by atoms with Gasteiger partial charge in [0.15, 0.2) is 0 Å². The molecule has 1 amide bonds. The van der Waals surface area contributed by atoms with E-state index in [-0.39, 0.29) is 11.9 Å². The molecule has 1 aromatic carbocycles. The number of benzene rings is 1. The van der Waals surface area contributed by atoms with E-state index in [4.69, 9.17) is 27.9 Å². The van der Waals surface area contributed by atoms with Gasteiger partial charge in [-0.2, -0.15) is 0 Å². The summed E-state index contributed by atoms with van der Waals surface area (Å²) < 4.78 is 5.12. The number of rotatable bonds is 5. The topological polar surface area (TPSA) is 38.3 Å². The van der Waals surface area contributed by atoms with Crippen LogP contribution in [0.15, 0.2) is 18.2 Å². The SMILES string of the molecule is CCC(CCl)NC(=O)c1cc(Cl)ccc1OC. The summed E-state index contributed by atoms with van der Waals surface area (Å²) in [6, 6.07) is 4.87. The summed E-state index contributed by atoms with van der Waals surface area (Å²) in [6.45, 7) is 1.96. The maximum absolute atomic E-state index is 12.0. The Bertz CT molecular complexity index is 392. The number of halogens is 2. The maximum atomic E-state index is 12.0. The van der Waals surface area contributed by atoms with Gasteiger partial charge in [0, 0.05) is 16.9 Å². The van der Waals surface area contributed by atoms with Crippen LogP contribution in [0.5, 0.6) is 5.75 Å². The van der Waals surface area contributed by atoms with Gasteiger partial charge in [-0.25, -0.2) is 0 Å². The molecule has 0 fully saturated rings. The average Bonchev–Trinajstić information content (AvgIpc) is 2.35. The van der Waals surface area contributed by atoms with Crippen molar-refractivity contribution in [1.82, 2.24) is 5.32 Å². The first-order chi connectivity index (χ1) is 8.12. The molecule has 3 nitrogen and oxygen atoms in total. The normalized spacial score (nSPS) is 12.0. The summed E-state index contributed by atoms with van der Waals surface area (Å²) in [7, 11) is 1.51. The van der Waals surface area contributed by atoms with Gasteiger partial charge in [0.2, 0.25) is 0 Å². The number of hydrogen-bond acceptors (Lipinski definition) is 2. The molecule has 1 rings (SSSR count). The molecule has 94 valence electrons. The Morgan fingerprint density at radius 1 is 1.53 bits per heavy atom. The number of alkyl halides is 1. The van der Waals surface area contributed by atoms with Gasteiger partial charge in [0.05, 0.1) is 12.7 Å². The Hall–Kier alpha value is -0.930. The molecule has 0 spiro atoms. The predicted molar refractivity (Wildman–Crippen MR) is 70.3 cm³/mol. The van der Waals surface area contributed by atoms with Gasteiger partial charge in [-0.1, -0.05) is 18.5 Å². The zero-order chi connectivity index (χ0) is 12.8. The molecule has 0 bridgehead atoms. The molecule has 0 heterocycles. The van der Waals surface area contributed by atoms with Crippen LogP contribution in [0.4, 0.5) is 0 Å². The third-order valence-electron chi connectivity index (χ3n) is 2.42. The van der Waals surface area contributed by atoms with E-state index in [1.54, 1.807) is 18.2 Å². The molecule has 0 aromatic heterocycles. The Balaban J connectivity index is 2.90. The number of amides is 1. The van der Waals surface area contributed by atoms with E-state index in [0.717, 1.165) is 6.42 Å². The molecule has 1 unspecified atom stereocenters. The van der Waals surface area contributed by atoms with Crippen LogP contribution in [0, 0.1) is 0 Å². The Morgan fingerprint density at radius 2 is 2.24 bits per heavy atom. The minimum absolute atomic E-state index is 0.0483. The third kappa shape index (κ3) is 3.79. The van der Waals surface area contributed by atoms with E-state index in [9.17, 15) is 4.79 Å². The van der Waals surface area contributed by atoms with Crippen LogP contribution in [0.25, 0.3) is 0 Å². The molecule has 5 heteroatoms. The largest absolute Gasteiger partial charge is 0.496 e. The first kappa shape index (κ1) is 14.1. The lowest BCUT2D eigenvalue weighted by Crippen LogP contribution is -2.35. The van der Waals surface area contributed by atoms with E-state index in [1.165, 1.54) is 7.11 Å². The maximum Gasteiger partial charge on any atom is 0.255 e. The minimum Gasteiger partial charge on any atom is -0.496 e. The second-order valence-corrected chi connectivity index (χ2v) is 4.32. The van der Waals surface area contributed by atoms with Crippen LogP contribution in [0.2, 0.25) is 5.02 Å². The Kier molecular flexibility index (Phi) is 5.59. The molecule has 1 aromatic rings. The molecule has 0 saturated heterocycles. The highest BCUT2D eigenvalue weighted by atomic mass is 35.5. The van der Waals surface area contributed by atoms with Gasteiger partial charge in [-0.3, -0.25) is 4.79 Å². The highest BCUT2D eigenvalue weighted by Gasteiger charge is 2.15. The van der Waals surface area contributed by atoms with E-state index < -0.39 is 0 Å². The zero-order valence-electron chi connectivity index (χ0n) is 9.80. The summed E-state index contributed by atoms with van der Waals surface area (Å²) >= 11 is 11.6. The first-order valence-electron chi connectivity index (χ1n) is 5.32. The molecule has 17 heavy (non-hydrogen) atoms. The highest BCUT2D eigenvalue weighted by Crippen LogP contribution is 2.22. The van der Waals surface area contributed by atoms with Crippen LogP contribution < -0.4 is 10.1 Å². The summed E-state index contributed by atoms with van der Waals surface area (Å²) in [6.07, 6.45) is 0.776. The molecular weight excluding hydrogens is 261 g/mol. The van der Waals surface area contributed by atoms with Crippen molar-refractivity contribution in [3.63, 3.8) is 0 Å². The fourth-order valence-corrected chi connectivity index (χ4v) is 1.84. The first-order valence-corrected chi connectivity index (χ1v) is 6.24. The summed E-state index contributed by atoms with van der Waals surface area (Å²) in [4.78, 5) is 12.0. The van der Waals surface area contributed by atoms with Crippen LogP contribution in [0.3, 0.4) is 0 Å². The number of nitrogens with one attached hydrogen (secondary N) is 1. The molecule has 0 radical (unpaired) electrons. The van der Waals surface area contributed by atoms with Gasteiger partial charge in [0.25, 0.3) is 5.91 Å². The summed E-state index contributed by atoms with van der Waals surface area (Å²) in [5.74, 6) is 0.652. The lowest BCUT2D eigenvalue weighted by molar-refractivity contribution is 0.0936. The van der Waals surface area contributed by atoms with Crippen LogP contribution in [0.1, 0.15) is 23.7 Å². The van der Waals surface area contributed by atoms with Crippen molar-refractivity contribution < 1.29 is 9.53 Å². The van der Waals surface area contributed by atoms with Gasteiger partial charge in [-0.15, -0.1) is 11.6 Å². The van der Waals surface area contributed by atoms with Gasteiger partial charge in [-0.05, 0) is 24.6 Å². The Morgan fingerprint density at radius 3 is 2.76 bits per heavy atom. The Labute approximate surface area is 111 Å². The molecule has 0 saturated carbocycles. The standard InChI is InChI=1S/C12H15Cl2NO2/c1-3-9(7-13)15-12(16)10-6-8(14)4-5-11(10)17-2/h4-6,9H,3,7H2,1-2H3,(H,15,16). The van der Waals surface area contributed by atoms with E-state index >= 15 is 0 Å². The number of hydrogen-bond donors (Lipinski definition) is 1. The van der Waals surface area contributed by atoms with Crippen LogP contribution >= 0.6 is 23.2 Å². The molecule has 0 aliphatic carbocycles. The van der Waals surface area contributed by atoms with Crippen molar-refractivity contribution in [2.45, 2.75) is 19.4 Å². The molecule has 1 atom stereocenters. The molecule has 1 N–H and O–H groups in total. The second-order valence-electron chi connectivity index (χ2n) is 3.58. The average molecular weight is 276 g/mol. The van der Waals surface area contributed by atoms with Crippen molar-refractivity contribution in [2.24, 2.45) is 0 Å². The quantitative estimate of drug-likeness (QED) is 0.839.